The van der Waals surface area contributed by atoms with Crippen LogP contribution < -0.4 is 0 Å². The third-order valence-electron chi connectivity index (χ3n) is 10.7. The second kappa shape index (κ2) is 11.1. The lowest BCUT2D eigenvalue weighted by Gasteiger charge is -2.53. The highest BCUT2D eigenvalue weighted by atomic mass is 16.6. The number of carbonyl (C=O) groups excluding carboxylic acids is 3. The zero-order valence-corrected chi connectivity index (χ0v) is 26.7. The predicted octanol–water partition coefficient (Wildman–Crippen LogP) is 3.10. The molecule has 0 aromatic rings. The number of carbonyl (C=O) groups is 3. The van der Waals surface area contributed by atoms with Crippen LogP contribution in [0.4, 0.5) is 0 Å². The molecule has 0 aromatic heterocycles. The lowest BCUT2D eigenvalue weighted by Crippen LogP contribution is -2.66. The van der Waals surface area contributed by atoms with Gasteiger partial charge in [-0.1, -0.05) is 45.8 Å². The molecule has 3 N–H and O–H groups in total. The molecule has 4 aliphatic rings. The third kappa shape index (κ3) is 5.18. The lowest BCUT2D eigenvalue weighted by molar-refractivity contribution is -0.870. The van der Waals surface area contributed by atoms with Crippen molar-refractivity contribution < 1.29 is 43.7 Å². The second-order valence-corrected chi connectivity index (χ2v) is 15.0. The van der Waals surface area contributed by atoms with Gasteiger partial charge in [-0.25, -0.2) is 0 Å². The van der Waals surface area contributed by atoms with Crippen LogP contribution >= 0.6 is 0 Å². The van der Waals surface area contributed by atoms with Crippen LogP contribution in [0.3, 0.4) is 0 Å². The summed E-state index contributed by atoms with van der Waals surface area (Å²) >= 11 is 0. The first-order valence-corrected chi connectivity index (χ1v) is 15.6. The highest BCUT2D eigenvalue weighted by Gasteiger charge is 2.87. The molecule has 4 rings (SSSR count). The van der Waals surface area contributed by atoms with Crippen LogP contribution in [-0.4, -0.2) is 94.7 Å². The number of nitrogens with zero attached hydrogens (tertiary/aromatic N) is 1. The molecule has 1 unspecified atom stereocenters. The minimum atomic E-state index is -1.93. The van der Waals surface area contributed by atoms with Crippen molar-refractivity contribution in [2.75, 3.05) is 34.3 Å². The second-order valence-electron chi connectivity index (χ2n) is 15.0. The zero-order valence-electron chi connectivity index (χ0n) is 26.7. The van der Waals surface area contributed by atoms with Crippen molar-refractivity contribution in [1.29, 1.82) is 0 Å². The molecule has 2 fully saturated rings. The van der Waals surface area contributed by atoms with E-state index in [0.717, 1.165) is 36.7 Å². The van der Waals surface area contributed by atoms with Gasteiger partial charge < -0.3 is 29.3 Å². The molecule has 0 amide bonds. The number of quaternary nitrogens is 1. The van der Waals surface area contributed by atoms with Crippen molar-refractivity contribution in [2.45, 2.75) is 102 Å². The minimum Gasteiger partial charge on any atom is -0.458 e. The summed E-state index contributed by atoms with van der Waals surface area (Å²) in [5.74, 6) is -4.34. The number of rotatable bonds is 11. The molecule has 0 bridgehead atoms. The first-order chi connectivity index (χ1) is 19.4. The van der Waals surface area contributed by atoms with E-state index in [4.69, 9.17) is 9.47 Å². The molecule has 4 aliphatic carbocycles. The van der Waals surface area contributed by atoms with Gasteiger partial charge in [-0.05, 0) is 37.3 Å². The van der Waals surface area contributed by atoms with Gasteiger partial charge >= 0.3 is 11.9 Å². The summed E-state index contributed by atoms with van der Waals surface area (Å²) in [7, 11) is 6.53. The van der Waals surface area contributed by atoms with Gasteiger partial charge in [-0.3, -0.25) is 14.4 Å². The fourth-order valence-electron chi connectivity index (χ4n) is 8.65. The van der Waals surface area contributed by atoms with Crippen LogP contribution in [0.15, 0.2) is 23.3 Å². The molecule has 9 heteroatoms. The molecule has 0 radical (unpaired) electrons. The highest BCUT2D eigenvalue weighted by Crippen LogP contribution is 2.77. The van der Waals surface area contributed by atoms with E-state index in [1.54, 1.807) is 26.0 Å². The van der Waals surface area contributed by atoms with E-state index in [0.29, 0.717) is 17.6 Å². The van der Waals surface area contributed by atoms with Crippen LogP contribution in [0.25, 0.3) is 0 Å². The quantitative estimate of drug-likeness (QED) is 0.145. The number of aliphatic hydroxyl groups excluding tert-OH is 1. The van der Waals surface area contributed by atoms with Crippen LogP contribution in [0.5, 0.6) is 0 Å². The van der Waals surface area contributed by atoms with Crippen LogP contribution in [-0.2, 0) is 23.9 Å². The predicted molar refractivity (Wildman–Crippen MR) is 157 cm³/mol. The van der Waals surface area contributed by atoms with E-state index in [2.05, 4.69) is 21.1 Å². The summed E-state index contributed by atoms with van der Waals surface area (Å²) in [4.78, 5) is 39.1. The Morgan fingerprint density at radius 1 is 1.05 bits per heavy atom. The first kappa shape index (κ1) is 32.8. The Kier molecular flexibility index (Phi) is 8.70. The molecule has 42 heavy (non-hydrogen) atoms. The maximum Gasteiger partial charge on any atom is 0.306 e. The Morgan fingerprint density at radius 3 is 2.26 bits per heavy atom. The van der Waals surface area contributed by atoms with Gasteiger partial charge in [0.05, 0.1) is 39.9 Å². The summed E-state index contributed by atoms with van der Waals surface area (Å²) in [6, 6.07) is 0. The van der Waals surface area contributed by atoms with Gasteiger partial charge in [0, 0.05) is 48.9 Å². The molecule has 8 atom stereocenters. The van der Waals surface area contributed by atoms with Crippen LogP contribution in [0.2, 0.25) is 0 Å². The van der Waals surface area contributed by atoms with E-state index < -0.39 is 69.7 Å². The standard InChI is InChI=1S/C33H52NO8/c1-20-16-25-31(39,28(20)38)18-23(19-35)17-24-27-30(4,5)33(27,42-22(3)36)29(21(2)32(24,25)40)41-26(37)14-12-10-9-11-13-15-34(6,7)8/h16-17,21,24-25,27,29,35,39-40H,9-15,18-19H2,1-8H3/q+1/t21-,24+,25-,27?,29-,31-,32-,33-/m1/s1. The Balaban J connectivity index is 1.62. The van der Waals surface area contributed by atoms with Crippen molar-refractivity contribution in [1.82, 2.24) is 0 Å². The van der Waals surface area contributed by atoms with Gasteiger partial charge in [-0.15, -0.1) is 0 Å². The summed E-state index contributed by atoms with van der Waals surface area (Å²) in [5, 5.41) is 34.7. The van der Waals surface area contributed by atoms with E-state index in [1.807, 2.05) is 13.8 Å². The number of hydrogen-bond acceptors (Lipinski definition) is 8. The van der Waals surface area contributed by atoms with Gasteiger partial charge in [0.2, 0.25) is 0 Å². The highest BCUT2D eigenvalue weighted by molar-refractivity contribution is 6.04. The largest absolute Gasteiger partial charge is 0.458 e. The van der Waals surface area contributed by atoms with Crippen molar-refractivity contribution in [3.05, 3.63) is 23.3 Å². The zero-order chi connectivity index (χ0) is 31.5. The monoisotopic (exact) mass is 590 g/mol. The number of ether oxygens (including phenoxy) is 2. The summed E-state index contributed by atoms with van der Waals surface area (Å²) in [6.07, 6.45) is 7.33. The Hall–Kier alpha value is -2.07. The normalized spacial score (nSPS) is 38.4. The minimum absolute atomic E-state index is 0.112. The number of ketones is 1. The maximum absolute atomic E-state index is 13.3. The van der Waals surface area contributed by atoms with Gasteiger partial charge in [0.15, 0.2) is 11.4 Å². The summed E-state index contributed by atoms with van der Waals surface area (Å²) < 4.78 is 13.2. The first-order valence-electron chi connectivity index (χ1n) is 15.6. The number of fused-ring (bicyclic) bond motifs is 5. The van der Waals surface area contributed by atoms with Crippen molar-refractivity contribution in [3.8, 4) is 0 Å². The fourth-order valence-corrected chi connectivity index (χ4v) is 8.65. The molecule has 0 aliphatic heterocycles. The van der Waals surface area contributed by atoms with Crippen LogP contribution in [0.1, 0.15) is 79.6 Å². The maximum atomic E-state index is 13.3. The van der Waals surface area contributed by atoms with Crippen molar-refractivity contribution in [2.24, 2.45) is 29.1 Å². The molecule has 236 valence electrons. The average molecular weight is 591 g/mol. The lowest BCUT2D eigenvalue weighted by atomic mass is 9.59. The van der Waals surface area contributed by atoms with Gasteiger partial charge in [-0.2, -0.15) is 0 Å². The number of Topliss-reactive ketones (excluding diaryl/α,β-unsaturated/α-hetero) is 1. The molecule has 0 aromatic carbocycles. The van der Waals surface area contributed by atoms with E-state index in [9.17, 15) is 29.7 Å². The molecule has 0 spiro atoms. The number of hydrogen-bond donors (Lipinski definition) is 3. The summed E-state index contributed by atoms with van der Waals surface area (Å²) in [6.45, 7) is 9.27. The third-order valence-corrected chi connectivity index (χ3v) is 10.7. The fraction of sp³-hybridized carbons (Fsp3) is 0.788. The van der Waals surface area contributed by atoms with Crippen LogP contribution in [0, 0.1) is 29.1 Å². The molecule has 0 saturated heterocycles. The molecule has 9 nitrogen and oxygen atoms in total. The summed E-state index contributed by atoms with van der Waals surface area (Å²) in [5.41, 5.74) is -4.74. The molecule has 0 heterocycles. The van der Waals surface area contributed by atoms with Gasteiger partial charge in [0.1, 0.15) is 11.7 Å². The number of esters is 2. The smallest absolute Gasteiger partial charge is 0.306 e. The topological polar surface area (TPSA) is 130 Å². The van der Waals surface area contributed by atoms with E-state index in [-0.39, 0.29) is 19.4 Å². The molecular formula is C33H52NO8+. The Bertz CT molecular complexity index is 1170. The van der Waals surface area contributed by atoms with Crippen molar-refractivity contribution >= 4 is 17.7 Å². The Labute approximate surface area is 250 Å². The SMILES string of the molecule is CC(=O)O[C@]12C([C@@H]3C=C(CO)C[C@]4(O)C(=O)C(C)=C[C@H]4[C@@]3(O)[C@H](C)[C@H]1OC(=O)CCCCCCC[N+](C)(C)C)C2(C)C. The van der Waals surface area contributed by atoms with E-state index in [1.165, 1.54) is 6.92 Å². The number of unbranched alkanes of at least 4 members (excludes halogenated alkanes) is 4. The Morgan fingerprint density at radius 2 is 1.67 bits per heavy atom. The van der Waals surface area contributed by atoms with Crippen molar-refractivity contribution in [3.63, 3.8) is 0 Å². The average Bonchev–Trinajstić information content (AvgIpc) is 3.30. The van der Waals surface area contributed by atoms with Gasteiger partial charge in [0.25, 0.3) is 0 Å². The van der Waals surface area contributed by atoms with E-state index >= 15 is 0 Å². The molecular weight excluding hydrogens is 538 g/mol. The number of aliphatic hydroxyl groups is 3. The molecule has 2 saturated carbocycles.